The number of nitrogens with one attached hydrogen (secondary N) is 2. The Labute approximate surface area is 102 Å². The number of aliphatic hydroxyl groups is 3. The van der Waals surface area contributed by atoms with Gasteiger partial charge < -0.3 is 20.6 Å². The summed E-state index contributed by atoms with van der Waals surface area (Å²) in [5.74, 6) is 0.128. The molecular weight excluding hydrogens is 224 g/mol. The number of carbonyl (C=O) groups is 1. The van der Waals surface area contributed by atoms with Gasteiger partial charge in [0, 0.05) is 6.54 Å². The standard InChI is InChI=1S/C11H24N2O4/c1-8(2)4-12-10(17)9(3)13-11(5-14,6-15)7-16/h8-9,13-16H,4-7H2,1-3H3,(H,12,17). The number of amides is 1. The van der Waals surface area contributed by atoms with Crippen LogP contribution >= 0.6 is 0 Å². The summed E-state index contributed by atoms with van der Waals surface area (Å²) in [6.45, 7) is 4.82. The van der Waals surface area contributed by atoms with Crippen LogP contribution < -0.4 is 10.6 Å². The van der Waals surface area contributed by atoms with Crippen LogP contribution in [0.5, 0.6) is 0 Å². The molecule has 0 aromatic heterocycles. The van der Waals surface area contributed by atoms with E-state index in [-0.39, 0.29) is 5.91 Å². The lowest BCUT2D eigenvalue weighted by molar-refractivity contribution is -0.124. The second kappa shape index (κ2) is 7.60. The van der Waals surface area contributed by atoms with E-state index >= 15 is 0 Å². The monoisotopic (exact) mass is 248 g/mol. The van der Waals surface area contributed by atoms with Crippen molar-refractivity contribution in [3.63, 3.8) is 0 Å². The lowest BCUT2D eigenvalue weighted by Crippen LogP contribution is -2.60. The molecule has 0 aliphatic carbocycles. The second-order valence-electron chi connectivity index (χ2n) is 4.76. The molecule has 6 nitrogen and oxygen atoms in total. The number of rotatable bonds is 8. The Kier molecular flexibility index (Phi) is 7.29. The summed E-state index contributed by atoms with van der Waals surface area (Å²) in [5, 5.41) is 32.8. The van der Waals surface area contributed by atoms with Gasteiger partial charge in [-0.3, -0.25) is 10.1 Å². The molecule has 0 spiro atoms. The van der Waals surface area contributed by atoms with E-state index in [1.165, 1.54) is 0 Å². The number of hydrogen-bond acceptors (Lipinski definition) is 5. The van der Waals surface area contributed by atoms with Gasteiger partial charge in [0.2, 0.25) is 5.91 Å². The van der Waals surface area contributed by atoms with Crippen LogP contribution in [0.4, 0.5) is 0 Å². The smallest absolute Gasteiger partial charge is 0.236 e. The minimum Gasteiger partial charge on any atom is -0.394 e. The van der Waals surface area contributed by atoms with E-state index < -0.39 is 31.4 Å². The van der Waals surface area contributed by atoms with Gasteiger partial charge in [-0.05, 0) is 12.8 Å². The van der Waals surface area contributed by atoms with E-state index in [0.717, 1.165) is 0 Å². The third-order valence-electron chi connectivity index (χ3n) is 2.51. The summed E-state index contributed by atoms with van der Waals surface area (Å²) in [6.07, 6.45) is 0. The van der Waals surface area contributed by atoms with E-state index in [2.05, 4.69) is 10.6 Å². The molecule has 1 unspecified atom stereocenters. The van der Waals surface area contributed by atoms with Gasteiger partial charge in [0.25, 0.3) is 0 Å². The summed E-state index contributed by atoms with van der Waals surface area (Å²) < 4.78 is 0. The maximum Gasteiger partial charge on any atom is 0.236 e. The minimum atomic E-state index is -1.23. The van der Waals surface area contributed by atoms with Crippen molar-refractivity contribution in [1.82, 2.24) is 10.6 Å². The Hall–Kier alpha value is -0.690. The van der Waals surface area contributed by atoms with E-state index in [4.69, 9.17) is 15.3 Å². The summed E-state index contributed by atoms with van der Waals surface area (Å²) in [6, 6.07) is -0.597. The van der Waals surface area contributed by atoms with Gasteiger partial charge in [-0.25, -0.2) is 0 Å². The first-order valence-electron chi connectivity index (χ1n) is 5.78. The zero-order valence-corrected chi connectivity index (χ0v) is 10.7. The molecular formula is C11H24N2O4. The molecule has 0 fully saturated rings. The molecule has 5 N–H and O–H groups in total. The molecule has 17 heavy (non-hydrogen) atoms. The Morgan fingerprint density at radius 2 is 1.59 bits per heavy atom. The van der Waals surface area contributed by atoms with Crippen molar-refractivity contribution >= 4 is 5.91 Å². The van der Waals surface area contributed by atoms with Crippen molar-refractivity contribution in [3.05, 3.63) is 0 Å². The van der Waals surface area contributed by atoms with Crippen LogP contribution in [0.25, 0.3) is 0 Å². The normalized spacial score (nSPS) is 13.8. The predicted molar refractivity (Wildman–Crippen MR) is 64.4 cm³/mol. The van der Waals surface area contributed by atoms with E-state index in [1.807, 2.05) is 13.8 Å². The van der Waals surface area contributed by atoms with Crippen molar-refractivity contribution < 1.29 is 20.1 Å². The van der Waals surface area contributed by atoms with Crippen molar-refractivity contribution in [2.45, 2.75) is 32.4 Å². The van der Waals surface area contributed by atoms with Crippen LogP contribution in [0.3, 0.4) is 0 Å². The molecule has 0 heterocycles. The number of carbonyl (C=O) groups excluding carboxylic acids is 1. The minimum absolute atomic E-state index is 0.224. The first-order chi connectivity index (χ1) is 7.90. The first-order valence-corrected chi connectivity index (χ1v) is 5.78. The molecule has 6 heteroatoms. The highest BCUT2D eigenvalue weighted by atomic mass is 16.3. The Morgan fingerprint density at radius 1 is 1.12 bits per heavy atom. The molecule has 0 aliphatic heterocycles. The van der Waals surface area contributed by atoms with Crippen LogP contribution in [-0.4, -0.2) is 59.2 Å². The molecule has 0 aromatic rings. The van der Waals surface area contributed by atoms with Crippen LogP contribution in [0.2, 0.25) is 0 Å². The maximum atomic E-state index is 11.7. The molecule has 102 valence electrons. The highest BCUT2D eigenvalue weighted by molar-refractivity contribution is 5.81. The Balaban J connectivity index is 4.30. The summed E-state index contributed by atoms with van der Waals surface area (Å²) in [4.78, 5) is 11.7. The van der Waals surface area contributed by atoms with Crippen LogP contribution in [0.15, 0.2) is 0 Å². The average molecular weight is 248 g/mol. The molecule has 1 atom stereocenters. The van der Waals surface area contributed by atoms with Gasteiger partial charge in [0.15, 0.2) is 0 Å². The third kappa shape index (κ3) is 5.45. The molecule has 1 amide bonds. The van der Waals surface area contributed by atoms with E-state index in [0.29, 0.717) is 12.5 Å². The van der Waals surface area contributed by atoms with Crippen LogP contribution in [0, 0.1) is 5.92 Å². The Bertz CT molecular complexity index is 221. The van der Waals surface area contributed by atoms with Gasteiger partial charge >= 0.3 is 0 Å². The van der Waals surface area contributed by atoms with Gasteiger partial charge in [-0.2, -0.15) is 0 Å². The highest BCUT2D eigenvalue weighted by Gasteiger charge is 2.31. The zero-order chi connectivity index (χ0) is 13.5. The molecule has 0 bridgehead atoms. The topological polar surface area (TPSA) is 102 Å². The molecule has 0 radical (unpaired) electrons. The molecule has 0 rings (SSSR count). The first kappa shape index (κ1) is 16.3. The number of hydrogen-bond donors (Lipinski definition) is 5. The highest BCUT2D eigenvalue weighted by Crippen LogP contribution is 2.03. The largest absolute Gasteiger partial charge is 0.394 e. The zero-order valence-electron chi connectivity index (χ0n) is 10.7. The summed E-state index contributed by atoms with van der Waals surface area (Å²) >= 11 is 0. The fourth-order valence-electron chi connectivity index (χ4n) is 1.27. The second-order valence-corrected chi connectivity index (χ2v) is 4.76. The van der Waals surface area contributed by atoms with Crippen molar-refractivity contribution in [2.75, 3.05) is 26.4 Å². The number of aliphatic hydroxyl groups excluding tert-OH is 3. The maximum absolute atomic E-state index is 11.7. The van der Waals surface area contributed by atoms with Crippen molar-refractivity contribution in [2.24, 2.45) is 5.92 Å². The van der Waals surface area contributed by atoms with E-state index in [9.17, 15) is 4.79 Å². The molecule has 0 saturated heterocycles. The fourth-order valence-corrected chi connectivity index (χ4v) is 1.27. The van der Waals surface area contributed by atoms with Gasteiger partial charge in [0.05, 0.1) is 31.4 Å². The van der Waals surface area contributed by atoms with Gasteiger partial charge in [-0.15, -0.1) is 0 Å². The van der Waals surface area contributed by atoms with Crippen molar-refractivity contribution in [1.29, 1.82) is 0 Å². The lowest BCUT2D eigenvalue weighted by Gasteiger charge is -2.31. The predicted octanol–water partition coefficient (Wildman–Crippen LogP) is -1.55. The quantitative estimate of drug-likeness (QED) is 0.358. The molecule has 0 saturated carbocycles. The Morgan fingerprint density at radius 3 is 1.94 bits per heavy atom. The van der Waals surface area contributed by atoms with Crippen LogP contribution in [-0.2, 0) is 4.79 Å². The third-order valence-corrected chi connectivity index (χ3v) is 2.51. The van der Waals surface area contributed by atoms with Crippen LogP contribution in [0.1, 0.15) is 20.8 Å². The van der Waals surface area contributed by atoms with Gasteiger partial charge in [-0.1, -0.05) is 13.8 Å². The van der Waals surface area contributed by atoms with Crippen molar-refractivity contribution in [3.8, 4) is 0 Å². The molecule has 0 aliphatic rings. The average Bonchev–Trinajstić information content (AvgIpc) is 2.32. The molecule has 0 aromatic carbocycles. The SMILES string of the molecule is CC(C)CNC(=O)C(C)NC(CO)(CO)CO. The summed E-state index contributed by atoms with van der Waals surface area (Å²) in [5.41, 5.74) is -1.23. The van der Waals surface area contributed by atoms with Gasteiger partial charge in [0.1, 0.15) is 0 Å². The van der Waals surface area contributed by atoms with E-state index in [1.54, 1.807) is 6.92 Å². The summed E-state index contributed by atoms with van der Waals surface area (Å²) in [7, 11) is 0. The lowest BCUT2D eigenvalue weighted by atomic mass is 10.0. The fraction of sp³-hybridized carbons (Fsp3) is 0.909.